The van der Waals surface area contributed by atoms with E-state index >= 15 is 0 Å². The zero-order chi connectivity index (χ0) is 16.9. The van der Waals surface area contributed by atoms with Gasteiger partial charge >= 0.3 is 5.97 Å². The molecule has 10 heteroatoms. The summed E-state index contributed by atoms with van der Waals surface area (Å²) in [6.45, 7) is 1.52. The van der Waals surface area contributed by atoms with Gasteiger partial charge < -0.3 is 44.1 Å². The summed E-state index contributed by atoms with van der Waals surface area (Å²) >= 11 is 0. The van der Waals surface area contributed by atoms with Crippen LogP contribution in [0.25, 0.3) is 0 Å². The van der Waals surface area contributed by atoms with E-state index in [0.29, 0.717) is 0 Å². The number of aliphatic carboxylic acids is 1. The van der Waals surface area contributed by atoms with Crippen LogP contribution in [0.3, 0.4) is 0 Å². The van der Waals surface area contributed by atoms with Crippen LogP contribution >= 0.6 is 0 Å². The molecule has 3 aliphatic heterocycles. The molecule has 0 aliphatic carbocycles. The van der Waals surface area contributed by atoms with Gasteiger partial charge in [-0.1, -0.05) is 0 Å². The van der Waals surface area contributed by atoms with Gasteiger partial charge in [0.05, 0.1) is 6.10 Å². The Hall–Kier alpha value is -0.850. The molecule has 0 aromatic heterocycles. The zero-order valence-electron chi connectivity index (χ0n) is 12.5. The third kappa shape index (κ3) is 2.96. The van der Waals surface area contributed by atoms with E-state index in [4.69, 9.17) is 23.7 Å². The maximum Gasteiger partial charge on any atom is 0.335 e. The van der Waals surface area contributed by atoms with Crippen molar-refractivity contribution in [3.63, 3.8) is 0 Å². The van der Waals surface area contributed by atoms with Crippen LogP contribution in [0, 0.1) is 0 Å². The molecule has 0 amide bonds. The second kappa shape index (κ2) is 6.22. The Morgan fingerprint density at radius 1 is 1.00 bits per heavy atom. The molecule has 3 fully saturated rings. The molecule has 23 heavy (non-hydrogen) atoms. The summed E-state index contributed by atoms with van der Waals surface area (Å²) in [4.78, 5) is 11.4. The Morgan fingerprint density at radius 3 is 2.30 bits per heavy atom. The maximum atomic E-state index is 11.4. The average Bonchev–Trinajstić information content (AvgIpc) is 3.27. The van der Waals surface area contributed by atoms with Crippen LogP contribution in [0.5, 0.6) is 0 Å². The van der Waals surface area contributed by atoms with Crippen molar-refractivity contribution in [1.29, 1.82) is 0 Å². The first-order chi connectivity index (χ1) is 10.8. The minimum Gasteiger partial charge on any atom is -0.479 e. The molecule has 0 aromatic rings. The lowest BCUT2D eigenvalue weighted by atomic mass is 9.95. The molecule has 4 N–H and O–H groups in total. The fraction of sp³-hybridized carbons (Fsp3) is 0.923. The van der Waals surface area contributed by atoms with Gasteiger partial charge in [-0.15, -0.1) is 0 Å². The van der Waals surface area contributed by atoms with Crippen LogP contribution in [-0.4, -0.2) is 94.9 Å². The third-order valence-corrected chi connectivity index (χ3v) is 4.32. The number of methoxy groups -OCH3 is 1. The average molecular weight is 336 g/mol. The Kier molecular flexibility index (Phi) is 4.60. The van der Waals surface area contributed by atoms with Gasteiger partial charge in [-0.05, 0) is 6.92 Å². The number of carboxylic acids is 1. The lowest BCUT2D eigenvalue weighted by Crippen LogP contribution is -2.63. The number of aliphatic hydroxyl groups is 3. The molecule has 9 unspecified atom stereocenters. The molecule has 3 saturated heterocycles. The van der Waals surface area contributed by atoms with Crippen molar-refractivity contribution in [3.8, 4) is 0 Å². The van der Waals surface area contributed by atoms with Crippen molar-refractivity contribution in [2.45, 2.75) is 68.3 Å². The van der Waals surface area contributed by atoms with Crippen molar-refractivity contribution in [1.82, 2.24) is 0 Å². The van der Waals surface area contributed by atoms with E-state index < -0.39 is 67.4 Å². The molecule has 10 atom stereocenters. The van der Waals surface area contributed by atoms with Crippen LogP contribution in [0.2, 0.25) is 0 Å². The van der Waals surface area contributed by atoms with E-state index in [1.54, 1.807) is 0 Å². The van der Waals surface area contributed by atoms with Crippen LogP contribution in [0.15, 0.2) is 0 Å². The number of hydrogen-bond acceptors (Lipinski definition) is 9. The second-order valence-corrected chi connectivity index (χ2v) is 5.85. The van der Waals surface area contributed by atoms with E-state index in [1.807, 2.05) is 0 Å². The number of ether oxygens (including phenoxy) is 5. The Morgan fingerprint density at radius 2 is 1.70 bits per heavy atom. The molecular weight excluding hydrogens is 316 g/mol. The van der Waals surface area contributed by atoms with Crippen molar-refractivity contribution in [2.24, 2.45) is 0 Å². The number of epoxide rings is 1. The summed E-state index contributed by atoms with van der Waals surface area (Å²) in [5, 5.41) is 39.2. The van der Waals surface area contributed by atoms with E-state index in [9.17, 15) is 25.2 Å². The molecule has 3 rings (SSSR count). The number of carboxylic acid groups (broad SMARTS) is 1. The van der Waals surface area contributed by atoms with Gasteiger partial charge in [0.25, 0.3) is 0 Å². The van der Waals surface area contributed by atoms with Crippen LogP contribution in [0.1, 0.15) is 6.92 Å². The highest BCUT2D eigenvalue weighted by molar-refractivity contribution is 5.73. The first kappa shape index (κ1) is 17.0. The Labute approximate surface area is 131 Å². The smallest absolute Gasteiger partial charge is 0.335 e. The highest BCUT2D eigenvalue weighted by atomic mass is 16.8. The molecule has 0 spiro atoms. The highest BCUT2D eigenvalue weighted by Crippen LogP contribution is 2.37. The van der Waals surface area contributed by atoms with Crippen molar-refractivity contribution >= 4 is 5.97 Å². The van der Waals surface area contributed by atoms with Crippen molar-refractivity contribution in [2.75, 3.05) is 7.11 Å². The molecule has 0 aromatic carbocycles. The molecule has 3 heterocycles. The topological polar surface area (TPSA) is 147 Å². The van der Waals surface area contributed by atoms with Gasteiger partial charge in [0.2, 0.25) is 0 Å². The first-order valence-corrected chi connectivity index (χ1v) is 7.26. The van der Waals surface area contributed by atoms with Crippen LogP contribution in [-0.2, 0) is 28.5 Å². The van der Waals surface area contributed by atoms with Gasteiger partial charge in [0.1, 0.15) is 36.6 Å². The standard InChI is InChI=1S/C13H20O10/c1-3-4(14)7(19-2)9(10(20-3)11(17)18)22-12-6(16)5(15)8-13(21-8)23-12/h3-10,12-16H,1-2H3,(H,17,18)/t3-,4?,5?,6?,7?,8?,9?,10?,12?,13?/m1/s1. The Bertz CT molecular complexity index is 458. The first-order valence-electron chi connectivity index (χ1n) is 7.26. The number of carbonyl (C=O) groups is 1. The van der Waals surface area contributed by atoms with Crippen LogP contribution < -0.4 is 0 Å². The largest absolute Gasteiger partial charge is 0.479 e. The zero-order valence-corrected chi connectivity index (χ0v) is 12.5. The summed E-state index contributed by atoms with van der Waals surface area (Å²) in [6, 6.07) is 0. The summed E-state index contributed by atoms with van der Waals surface area (Å²) in [5.74, 6) is -1.30. The number of hydrogen-bond donors (Lipinski definition) is 4. The molecule has 10 nitrogen and oxygen atoms in total. The van der Waals surface area contributed by atoms with Crippen LogP contribution in [0.4, 0.5) is 0 Å². The summed E-state index contributed by atoms with van der Waals surface area (Å²) in [7, 11) is 1.30. The SMILES string of the molecule is COC1C(OC2OC3OC3C(O)C2O)C(C(=O)O)O[C@H](C)C1O. The lowest BCUT2D eigenvalue weighted by Gasteiger charge is -2.43. The third-order valence-electron chi connectivity index (χ3n) is 4.32. The summed E-state index contributed by atoms with van der Waals surface area (Å²) < 4.78 is 26.2. The van der Waals surface area contributed by atoms with E-state index in [-0.39, 0.29) is 0 Å². The second-order valence-electron chi connectivity index (χ2n) is 5.85. The minimum absolute atomic E-state index is 0.619. The highest BCUT2D eigenvalue weighted by Gasteiger charge is 2.58. The van der Waals surface area contributed by atoms with Gasteiger partial charge in [-0.2, -0.15) is 0 Å². The van der Waals surface area contributed by atoms with Gasteiger partial charge in [-0.3, -0.25) is 0 Å². The molecule has 132 valence electrons. The lowest BCUT2D eigenvalue weighted by molar-refractivity contribution is -0.310. The molecule has 0 radical (unpaired) electrons. The number of fused-ring (bicyclic) bond motifs is 1. The summed E-state index contributed by atoms with van der Waals surface area (Å²) in [5.41, 5.74) is 0. The minimum atomic E-state index is -1.43. The number of aliphatic hydroxyl groups excluding tert-OH is 3. The molecule has 0 bridgehead atoms. The fourth-order valence-corrected chi connectivity index (χ4v) is 2.94. The predicted octanol–water partition coefficient (Wildman–Crippen LogP) is -2.58. The molecule has 0 saturated carbocycles. The van der Waals surface area contributed by atoms with Crippen molar-refractivity contribution in [3.05, 3.63) is 0 Å². The maximum absolute atomic E-state index is 11.4. The van der Waals surface area contributed by atoms with Gasteiger partial charge in [0.15, 0.2) is 18.7 Å². The quantitative estimate of drug-likeness (QED) is 0.403. The van der Waals surface area contributed by atoms with Gasteiger partial charge in [-0.25, -0.2) is 4.79 Å². The fourth-order valence-electron chi connectivity index (χ4n) is 2.94. The molecular formula is C13H20O10. The Balaban J connectivity index is 1.77. The van der Waals surface area contributed by atoms with E-state index in [1.165, 1.54) is 14.0 Å². The van der Waals surface area contributed by atoms with Crippen molar-refractivity contribution < 1.29 is 48.9 Å². The van der Waals surface area contributed by atoms with E-state index in [2.05, 4.69) is 0 Å². The van der Waals surface area contributed by atoms with E-state index in [0.717, 1.165) is 0 Å². The predicted molar refractivity (Wildman–Crippen MR) is 69.2 cm³/mol. The normalized spacial score (nSPS) is 52.7. The summed E-state index contributed by atoms with van der Waals surface area (Å²) in [6.07, 6.45) is -10.9. The molecule has 3 aliphatic rings. The van der Waals surface area contributed by atoms with Gasteiger partial charge in [0, 0.05) is 7.11 Å². The monoisotopic (exact) mass is 336 g/mol. The number of rotatable bonds is 4.